The average molecular weight is 261 g/mol. The van der Waals surface area contributed by atoms with Crippen molar-refractivity contribution in [1.82, 2.24) is 15.1 Å². The molecular weight excluding hydrogens is 238 g/mol. The lowest BCUT2D eigenvalue weighted by Crippen LogP contribution is -2.57. The number of hydrogen-bond donors (Lipinski definition) is 1. The van der Waals surface area contributed by atoms with Crippen LogP contribution in [0.5, 0.6) is 0 Å². The molecule has 2 rings (SSSR count). The maximum absolute atomic E-state index is 12.2. The first kappa shape index (κ1) is 14.0. The number of piperazine rings is 1. The number of likely N-dealkylation sites (N-methyl/N-ethyl adjacent to an activating group) is 1. The van der Waals surface area contributed by atoms with Crippen molar-refractivity contribution in [3.05, 3.63) is 35.9 Å². The van der Waals surface area contributed by atoms with E-state index in [0.717, 1.165) is 32.6 Å². The minimum absolute atomic E-state index is 0.0209. The third-order valence-electron chi connectivity index (χ3n) is 3.61. The number of nitrogens with zero attached hydrogens (tertiary/aromatic N) is 2. The lowest BCUT2D eigenvalue weighted by atomic mass is 10.1. The van der Waals surface area contributed by atoms with Gasteiger partial charge in [-0.1, -0.05) is 30.3 Å². The molecule has 1 aliphatic heterocycles. The summed E-state index contributed by atoms with van der Waals surface area (Å²) in [5.74, 6) is 0.195. The van der Waals surface area contributed by atoms with E-state index in [4.69, 9.17) is 0 Å². The highest BCUT2D eigenvalue weighted by molar-refractivity contribution is 5.81. The van der Waals surface area contributed by atoms with E-state index in [-0.39, 0.29) is 11.9 Å². The second-order valence-corrected chi connectivity index (χ2v) is 5.22. The zero-order chi connectivity index (χ0) is 13.7. The molecule has 1 N–H and O–H groups in total. The van der Waals surface area contributed by atoms with Gasteiger partial charge < -0.3 is 10.2 Å². The van der Waals surface area contributed by atoms with Crippen LogP contribution in [0.15, 0.2) is 30.3 Å². The molecular formula is C15H23N3O. The summed E-state index contributed by atoms with van der Waals surface area (Å²) < 4.78 is 0. The summed E-state index contributed by atoms with van der Waals surface area (Å²) in [4.78, 5) is 16.1. The van der Waals surface area contributed by atoms with E-state index >= 15 is 0 Å². The SMILES string of the molecule is CN(C)C(=O)C1CNCCN1CCc1ccccc1. The van der Waals surface area contributed by atoms with Crippen molar-refractivity contribution < 1.29 is 4.79 Å². The van der Waals surface area contributed by atoms with Gasteiger partial charge in [0.1, 0.15) is 6.04 Å². The first-order chi connectivity index (χ1) is 9.18. The fourth-order valence-electron chi connectivity index (χ4n) is 2.47. The Kier molecular flexibility index (Phi) is 4.93. The second kappa shape index (κ2) is 6.68. The molecule has 0 aromatic heterocycles. The highest BCUT2D eigenvalue weighted by Crippen LogP contribution is 2.08. The predicted molar refractivity (Wildman–Crippen MR) is 77.1 cm³/mol. The van der Waals surface area contributed by atoms with E-state index < -0.39 is 0 Å². The highest BCUT2D eigenvalue weighted by atomic mass is 16.2. The van der Waals surface area contributed by atoms with Gasteiger partial charge >= 0.3 is 0 Å². The quantitative estimate of drug-likeness (QED) is 0.862. The van der Waals surface area contributed by atoms with E-state index in [9.17, 15) is 4.79 Å². The summed E-state index contributed by atoms with van der Waals surface area (Å²) in [6.07, 6.45) is 0.998. The normalized spacial score (nSPS) is 20.2. The van der Waals surface area contributed by atoms with Crippen molar-refractivity contribution in [2.24, 2.45) is 0 Å². The fourth-order valence-corrected chi connectivity index (χ4v) is 2.47. The lowest BCUT2D eigenvalue weighted by molar-refractivity contribution is -0.135. The molecule has 1 saturated heterocycles. The van der Waals surface area contributed by atoms with Crippen LogP contribution in [0.1, 0.15) is 5.56 Å². The minimum Gasteiger partial charge on any atom is -0.347 e. The van der Waals surface area contributed by atoms with Crippen molar-refractivity contribution in [2.45, 2.75) is 12.5 Å². The first-order valence-electron chi connectivity index (χ1n) is 6.88. The number of carbonyl (C=O) groups excluding carboxylic acids is 1. The summed E-state index contributed by atoms with van der Waals surface area (Å²) in [5.41, 5.74) is 1.33. The Morgan fingerprint density at radius 2 is 2.11 bits per heavy atom. The molecule has 1 heterocycles. The van der Waals surface area contributed by atoms with Crippen LogP contribution in [0.4, 0.5) is 0 Å². The van der Waals surface area contributed by atoms with Gasteiger partial charge in [0.05, 0.1) is 0 Å². The number of benzene rings is 1. The Bertz CT molecular complexity index is 405. The maximum atomic E-state index is 12.2. The Balaban J connectivity index is 1.94. The number of nitrogens with one attached hydrogen (secondary N) is 1. The molecule has 19 heavy (non-hydrogen) atoms. The molecule has 1 aromatic carbocycles. The van der Waals surface area contributed by atoms with Gasteiger partial charge in [-0.2, -0.15) is 0 Å². The van der Waals surface area contributed by atoms with Crippen LogP contribution < -0.4 is 5.32 Å². The Morgan fingerprint density at radius 1 is 1.37 bits per heavy atom. The third kappa shape index (κ3) is 3.78. The zero-order valence-corrected chi connectivity index (χ0v) is 11.8. The van der Waals surface area contributed by atoms with Crippen molar-refractivity contribution >= 4 is 5.91 Å². The average Bonchev–Trinajstić information content (AvgIpc) is 2.45. The van der Waals surface area contributed by atoms with Gasteiger partial charge in [0.2, 0.25) is 5.91 Å². The van der Waals surface area contributed by atoms with Gasteiger partial charge in [-0.25, -0.2) is 0 Å². The highest BCUT2D eigenvalue weighted by Gasteiger charge is 2.29. The summed E-state index contributed by atoms with van der Waals surface area (Å²) in [7, 11) is 3.65. The molecule has 4 heteroatoms. The van der Waals surface area contributed by atoms with E-state index in [2.05, 4.69) is 34.5 Å². The van der Waals surface area contributed by atoms with Crippen molar-refractivity contribution in [2.75, 3.05) is 40.3 Å². The number of carbonyl (C=O) groups is 1. The first-order valence-corrected chi connectivity index (χ1v) is 6.88. The van der Waals surface area contributed by atoms with Gasteiger partial charge in [-0.3, -0.25) is 9.69 Å². The van der Waals surface area contributed by atoms with Crippen molar-refractivity contribution in [3.63, 3.8) is 0 Å². The zero-order valence-electron chi connectivity index (χ0n) is 11.8. The Morgan fingerprint density at radius 3 is 2.79 bits per heavy atom. The molecule has 0 saturated carbocycles. The molecule has 0 bridgehead atoms. The number of rotatable bonds is 4. The summed E-state index contributed by atoms with van der Waals surface area (Å²) in [6.45, 7) is 3.60. The van der Waals surface area contributed by atoms with Gasteiger partial charge in [-0.15, -0.1) is 0 Å². The largest absolute Gasteiger partial charge is 0.347 e. The molecule has 1 unspecified atom stereocenters. The van der Waals surface area contributed by atoms with Crippen LogP contribution in [0, 0.1) is 0 Å². The summed E-state index contributed by atoms with van der Waals surface area (Å²) >= 11 is 0. The van der Waals surface area contributed by atoms with Crippen molar-refractivity contribution in [1.29, 1.82) is 0 Å². The van der Waals surface area contributed by atoms with Crippen LogP contribution in [0.2, 0.25) is 0 Å². The minimum atomic E-state index is -0.0209. The van der Waals surface area contributed by atoms with E-state index in [0.29, 0.717) is 0 Å². The maximum Gasteiger partial charge on any atom is 0.240 e. The van der Waals surface area contributed by atoms with Crippen LogP contribution >= 0.6 is 0 Å². The fraction of sp³-hybridized carbons (Fsp3) is 0.533. The van der Waals surface area contributed by atoms with Gasteiger partial charge in [0, 0.05) is 40.3 Å². The van der Waals surface area contributed by atoms with E-state index in [1.165, 1.54) is 5.56 Å². The molecule has 4 nitrogen and oxygen atoms in total. The second-order valence-electron chi connectivity index (χ2n) is 5.22. The molecule has 1 aliphatic rings. The monoisotopic (exact) mass is 261 g/mol. The van der Waals surface area contributed by atoms with Crippen molar-refractivity contribution in [3.8, 4) is 0 Å². The van der Waals surface area contributed by atoms with Gasteiger partial charge in [-0.05, 0) is 12.0 Å². The summed E-state index contributed by atoms with van der Waals surface area (Å²) in [6, 6.07) is 10.4. The van der Waals surface area contributed by atoms with Crippen LogP contribution in [0.25, 0.3) is 0 Å². The van der Waals surface area contributed by atoms with Gasteiger partial charge in [0.15, 0.2) is 0 Å². The van der Waals surface area contributed by atoms with Crippen LogP contribution in [0.3, 0.4) is 0 Å². The lowest BCUT2D eigenvalue weighted by Gasteiger charge is -2.36. The number of hydrogen-bond acceptors (Lipinski definition) is 3. The molecule has 0 spiro atoms. The van der Waals surface area contributed by atoms with Gasteiger partial charge in [0.25, 0.3) is 0 Å². The smallest absolute Gasteiger partial charge is 0.240 e. The Hall–Kier alpha value is -1.39. The topological polar surface area (TPSA) is 35.6 Å². The predicted octanol–water partition coefficient (Wildman–Crippen LogP) is 0.591. The number of amides is 1. The van der Waals surface area contributed by atoms with Crippen LogP contribution in [-0.2, 0) is 11.2 Å². The molecule has 1 amide bonds. The molecule has 1 fully saturated rings. The summed E-state index contributed by atoms with van der Waals surface area (Å²) in [5, 5.41) is 3.31. The molecule has 1 atom stereocenters. The molecule has 1 aromatic rings. The van der Waals surface area contributed by atoms with Crippen LogP contribution in [-0.4, -0.2) is 62.0 Å². The standard InChI is InChI=1S/C15H23N3O/c1-17(2)15(19)14-12-16-9-11-18(14)10-8-13-6-4-3-5-7-13/h3-7,14,16H,8-12H2,1-2H3. The molecule has 0 aliphatic carbocycles. The molecule has 0 radical (unpaired) electrons. The Labute approximate surface area is 115 Å². The van der Waals surface area contributed by atoms with E-state index in [1.54, 1.807) is 4.90 Å². The molecule has 104 valence electrons. The van der Waals surface area contributed by atoms with E-state index in [1.807, 2.05) is 20.2 Å². The third-order valence-corrected chi connectivity index (χ3v) is 3.61.